The van der Waals surface area contributed by atoms with Gasteiger partial charge in [0, 0.05) is 18.7 Å². The Morgan fingerprint density at radius 3 is 2.42 bits per heavy atom. The van der Waals surface area contributed by atoms with Gasteiger partial charge in [-0.25, -0.2) is 4.79 Å². The van der Waals surface area contributed by atoms with Crippen LogP contribution in [0.4, 0.5) is 10.5 Å². The fourth-order valence-electron chi connectivity index (χ4n) is 1.66. The van der Waals surface area contributed by atoms with Crippen molar-refractivity contribution in [2.75, 3.05) is 11.9 Å². The van der Waals surface area contributed by atoms with E-state index < -0.39 is 6.03 Å². The van der Waals surface area contributed by atoms with Gasteiger partial charge in [-0.1, -0.05) is 24.1 Å². The van der Waals surface area contributed by atoms with E-state index in [9.17, 15) is 9.59 Å². The Bertz CT molecular complexity index is 415. The summed E-state index contributed by atoms with van der Waals surface area (Å²) in [6.07, 6.45) is 3.02. The van der Waals surface area contributed by atoms with Crippen LogP contribution in [0.2, 0.25) is 0 Å². The molecule has 0 saturated carbocycles. The van der Waals surface area contributed by atoms with Gasteiger partial charge in [0.25, 0.3) is 0 Å². The third kappa shape index (κ3) is 7.08. The summed E-state index contributed by atoms with van der Waals surface area (Å²) in [6, 6.07) is 7.21. The standard InChI is InChI=1S/C14H21N3O2/c1-11-6-8-12(9-7-11)17-13(18)5-3-2-4-10-16-14(15)19/h6-9H,2-5,10H2,1H3,(H,17,18)(H3,15,16,19). The summed E-state index contributed by atoms with van der Waals surface area (Å²) in [4.78, 5) is 22.1. The molecule has 0 atom stereocenters. The zero-order valence-electron chi connectivity index (χ0n) is 11.2. The number of nitrogens with two attached hydrogens (primary N) is 1. The minimum Gasteiger partial charge on any atom is -0.352 e. The Hall–Kier alpha value is -2.04. The summed E-state index contributed by atoms with van der Waals surface area (Å²) in [5.41, 5.74) is 6.93. The van der Waals surface area contributed by atoms with Gasteiger partial charge in [-0.15, -0.1) is 0 Å². The van der Waals surface area contributed by atoms with Gasteiger partial charge in [0.1, 0.15) is 0 Å². The lowest BCUT2D eigenvalue weighted by Gasteiger charge is -2.05. The van der Waals surface area contributed by atoms with Gasteiger partial charge in [0.05, 0.1) is 0 Å². The molecule has 0 saturated heterocycles. The molecule has 5 nitrogen and oxygen atoms in total. The van der Waals surface area contributed by atoms with E-state index in [4.69, 9.17) is 5.73 Å². The number of rotatable bonds is 7. The topological polar surface area (TPSA) is 84.2 Å². The van der Waals surface area contributed by atoms with Crippen molar-refractivity contribution in [2.24, 2.45) is 5.73 Å². The Morgan fingerprint density at radius 1 is 1.11 bits per heavy atom. The van der Waals surface area contributed by atoms with Crippen LogP contribution in [-0.2, 0) is 4.79 Å². The third-order valence-corrected chi connectivity index (χ3v) is 2.72. The largest absolute Gasteiger partial charge is 0.352 e. The lowest BCUT2D eigenvalue weighted by molar-refractivity contribution is -0.116. The average Bonchev–Trinajstić information content (AvgIpc) is 2.36. The van der Waals surface area contributed by atoms with E-state index in [-0.39, 0.29) is 5.91 Å². The van der Waals surface area contributed by atoms with Gasteiger partial charge in [-0.2, -0.15) is 0 Å². The molecule has 104 valence electrons. The van der Waals surface area contributed by atoms with Crippen LogP contribution in [0.15, 0.2) is 24.3 Å². The fraction of sp³-hybridized carbons (Fsp3) is 0.429. The molecule has 19 heavy (non-hydrogen) atoms. The van der Waals surface area contributed by atoms with Crippen LogP contribution in [-0.4, -0.2) is 18.5 Å². The summed E-state index contributed by atoms with van der Waals surface area (Å²) < 4.78 is 0. The number of amides is 3. The number of benzene rings is 1. The maximum Gasteiger partial charge on any atom is 0.312 e. The van der Waals surface area contributed by atoms with Crippen molar-refractivity contribution in [2.45, 2.75) is 32.6 Å². The zero-order valence-corrected chi connectivity index (χ0v) is 11.2. The summed E-state index contributed by atoms with van der Waals surface area (Å²) in [5.74, 6) is 0.0201. The van der Waals surface area contributed by atoms with E-state index in [1.807, 2.05) is 31.2 Å². The van der Waals surface area contributed by atoms with Crippen molar-refractivity contribution in [3.8, 4) is 0 Å². The van der Waals surface area contributed by atoms with E-state index in [1.165, 1.54) is 5.56 Å². The normalized spacial score (nSPS) is 9.95. The number of carbonyl (C=O) groups is 2. The third-order valence-electron chi connectivity index (χ3n) is 2.72. The first-order chi connectivity index (χ1) is 9.08. The number of urea groups is 1. The van der Waals surface area contributed by atoms with E-state index in [2.05, 4.69) is 10.6 Å². The van der Waals surface area contributed by atoms with Crippen molar-refractivity contribution in [3.05, 3.63) is 29.8 Å². The highest BCUT2D eigenvalue weighted by Crippen LogP contribution is 2.09. The Balaban J connectivity index is 2.11. The van der Waals surface area contributed by atoms with Gasteiger partial charge in [-0.3, -0.25) is 4.79 Å². The van der Waals surface area contributed by atoms with Crippen molar-refractivity contribution in [1.82, 2.24) is 5.32 Å². The molecular formula is C14H21N3O2. The number of hydrogen-bond acceptors (Lipinski definition) is 2. The second-order valence-corrected chi connectivity index (χ2v) is 4.52. The van der Waals surface area contributed by atoms with E-state index in [1.54, 1.807) is 0 Å². The van der Waals surface area contributed by atoms with Gasteiger partial charge >= 0.3 is 6.03 Å². The molecule has 0 unspecified atom stereocenters. The Kier molecular flexibility index (Phi) is 6.43. The average molecular weight is 263 g/mol. The molecule has 1 rings (SSSR count). The van der Waals surface area contributed by atoms with Crippen molar-refractivity contribution < 1.29 is 9.59 Å². The molecule has 0 aromatic heterocycles. The molecule has 0 bridgehead atoms. The molecule has 0 aliphatic carbocycles. The number of nitrogens with one attached hydrogen (secondary N) is 2. The number of anilines is 1. The first kappa shape index (κ1) is 15.0. The lowest BCUT2D eigenvalue weighted by Crippen LogP contribution is -2.29. The van der Waals surface area contributed by atoms with Crippen LogP contribution in [0.3, 0.4) is 0 Å². The van der Waals surface area contributed by atoms with Gasteiger partial charge in [0.15, 0.2) is 0 Å². The maximum atomic E-state index is 11.6. The highest BCUT2D eigenvalue weighted by Gasteiger charge is 2.02. The molecule has 0 aliphatic rings. The van der Waals surface area contributed by atoms with Gasteiger partial charge in [-0.05, 0) is 31.9 Å². The molecule has 1 aromatic rings. The number of aryl methyl sites for hydroxylation is 1. The first-order valence-corrected chi connectivity index (χ1v) is 6.48. The SMILES string of the molecule is Cc1ccc(NC(=O)CCCCCNC(N)=O)cc1. The predicted molar refractivity (Wildman–Crippen MR) is 75.9 cm³/mol. The number of hydrogen-bond donors (Lipinski definition) is 3. The number of carbonyl (C=O) groups excluding carboxylic acids is 2. The Labute approximate surface area is 113 Å². The summed E-state index contributed by atoms with van der Waals surface area (Å²) in [6.45, 7) is 2.57. The van der Waals surface area contributed by atoms with E-state index in [0.29, 0.717) is 13.0 Å². The van der Waals surface area contributed by atoms with Crippen LogP contribution in [0.5, 0.6) is 0 Å². The van der Waals surface area contributed by atoms with Crippen LogP contribution in [0, 0.1) is 6.92 Å². The number of primary amides is 1. The highest BCUT2D eigenvalue weighted by molar-refractivity contribution is 5.90. The van der Waals surface area contributed by atoms with Crippen LogP contribution in [0.25, 0.3) is 0 Å². The maximum absolute atomic E-state index is 11.6. The molecular weight excluding hydrogens is 242 g/mol. The highest BCUT2D eigenvalue weighted by atomic mass is 16.2. The zero-order chi connectivity index (χ0) is 14.1. The van der Waals surface area contributed by atoms with Crippen molar-refractivity contribution in [1.29, 1.82) is 0 Å². The quantitative estimate of drug-likeness (QED) is 0.659. The van der Waals surface area contributed by atoms with Crippen LogP contribution < -0.4 is 16.4 Å². The van der Waals surface area contributed by atoms with Crippen molar-refractivity contribution >= 4 is 17.6 Å². The Morgan fingerprint density at radius 2 is 1.79 bits per heavy atom. The predicted octanol–water partition coefficient (Wildman–Crippen LogP) is 2.16. The van der Waals surface area contributed by atoms with Crippen molar-refractivity contribution in [3.63, 3.8) is 0 Å². The van der Waals surface area contributed by atoms with E-state index >= 15 is 0 Å². The fourth-order valence-corrected chi connectivity index (χ4v) is 1.66. The molecule has 0 radical (unpaired) electrons. The molecule has 5 heteroatoms. The molecule has 0 aliphatic heterocycles. The smallest absolute Gasteiger partial charge is 0.312 e. The molecule has 0 heterocycles. The number of unbranched alkanes of at least 4 members (excludes halogenated alkanes) is 2. The van der Waals surface area contributed by atoms with Crippen LogP contribution in [0.1, 0.15) is 31.2 Å². The monoisotopic (exact) mass is 263 g/mol. The molecule has 1 aromatic carbocycles. The minimum absolute atomic E-state index is 0.0201. The van der Waals surface area contributed by atoms with Gasteiger partial charge < -0.3 is 16.4 Å². The second-order valence-electron chi connectivity index (χ2n) is 4.52. The minimum atomic E-state index is -0.503. The summed E-state index contributed by atoms with van der Waals surface area (Å²) >= 11 is 0. The first-order valence-electron chi connectivity index (χ1n) is 6.48. The molecule has 3 amide bonds. The molecule has 4 N–H and O–H groups in total. The van der Waals surface area contributed by atoms with E-state index in [0.717, 1.165) is 24.9 Å². The van der Waals surface area contributed by atoms with Gasteiger partial charge in [0.2, 0.25) is 5.91 Å². The lowest BCUT2D eigenvalue weighted by atomic mass is 10.2. The molecule has 0 fully saturated rings. The summed E-state index contributed by atoms with van der Waals surface area (Å²) in [5, 5.41) is 5.37. The van der Waals surface area contributed by atoms with Crippen LogP contribution >= 0.6 is 0 Å². The second kappa shape index (κ2) is 8.13. The molecule has 0 spiro atoms. The summed E-state index contributed by atoms with van der Waals surface area (Å²) in [7, 11) is 0.